The SMILES string of the molecule is CCN(Cc1nsc(N(C)C)n1)Cc1cccc2c1OCCO2. The molecule has 1 aliphatic heterocycles. The molecule has 6 nitrogen and oxygen atoms in total. The average Bonchev–Trinajstić information content (AvgIpc) is 3.03. The van der Waals surface area contributed by atoms with Crippen LogP contribution in [0.4, 0.5) is 5.13 Å². The van der Waals surface area contributed by atoms with Gasteiger partial charge in [-0.1, -0.05) is 19.1 Å². The van der Waals surface area contributed by atoms with Gasteiger partial charge >= 0.3 is 0 Å². The van der Waals surface area contributed by atoms with E-state index in [1.54, 1.807) is 0 Å². The van der Waals surface area contributed by atoms with Gasteiger partial charge in [-0.05, 0) is 12.6 Å². The summed E-state index contributed by atoms with van der Waals surface area (Å²) in [6.07, 6.45) is 0. The Morgan fingerprint density at radius 1 is 1.17 bits per heavy atom. The zero-order valence-electron chi connectivity index (χ0n) is 13.8. The summed E-state index contributed by atoms with van der Waals surface area (Å²) in [5.74, 6) is 2.58. The summed E-state index contributed by atoms with van der Waals surface area (Å²) in [5, 5.41) is 0.935. The van der Waals surface area contributed by atoms with Crippen molar-refractivity contribution in [3.63, 3.8) is 0 Å². The van der Waals surface area contributed by atoms with Crippen molar-refractivity contribution in [2.24, 2.45) is 0 Å². The summed E-state index contributed by atoms with van der Waals surface area (Å²) in [6, 6.07) is 6.07. The zero-order valence-corrected chi connectivity index (χ0v) is 14.6. The molecule has 1 aliphatic rings. The van der Waals surface area contributed by atoms with E-state index in [2.05, 4.69) is 27.2 Å². The third-order valence-corrected chi connectivity index (χ3v) is 4.62. The number of anilines is 1. The van der Waals surface area contributed by atoms with Crippen molar-refractivity contribution in [3.8, 4) is 11.5 Å². The molecular weight excluding hydrogens is 312 g/mol. The van der Waals surface area contributed by atoms with Gasteiger partial charge in [0.2, 0.25) is 5.13 Å². The van der Waals surface area contributed by atoms with Crippen LogP contribution < -0.4 is 14.4 Å². The zero-order chi connectivity index (χ0) is 16.2. The Morgan fingerprint density at radius 3 is 2.74 bits per heavy atom. The molecule has 0 fully saturated rings. The van der Waals surface area contributed by atoms with Crippen LogP contribution in [0.1, 0.15) is 18.3 Å². The summed E-state index contributed by atoms with van der Waals surface area (Å²) in [6.45, 7) is 5.80. The number of rotatable bonds is 6. The second-order valence-corrected chi connectivity index (χ2v) is 6.36. The molecule has 0 amide bonds. The van der Waals surface area contributed by atoms with Crippen molar-refractivity contribution in [2.75, 3.05) is 38.8 Å². The Bertz CT molecular complexity index is 659. The topological polar surface area (TPSA) is 50.7 Å². The molecule has 1 aromatic carbocycles. The Balaban J connectivity index is 1.72. The van der Waals surface area contributed by atoms with Crippen LogP contribution in [0.5, 0.6) is 11.5 Å². The molecule has 0 saturated heterocycles. The second-order valence-electron chi connectivity index (χ2n) is 5.63. The minimum atomic E-state index is 0.607. The third-order valence-electron chi connectivity index (χ3n) is 3.69. The second kappa shape index (κ2) is 7.14. The van der Waals surface area contributed by atoms with Crippen LogP contribution in [0.25, 0.3) is 0 Å². The summed E-state index contributed by atoms with van der Waals surface area (Å²) >= 11 is 1.43. The Hall–Kier alpha value is -1.86. The van der Waals surface area contributed by atoms with Crippen LogP contribution in [-0.2, 0) is 13.1 Å². The highest BCUT2D eigenvalue weighted by atomic mass is 32.1. The third kappa shape index (κ3) is 3.73. The van der Waals surface area contributed by atoms with E-state index >= 15 is 0 Å². The molecular formula is C16H22N4O2S. The lowest BCUT2D eigenvalue weighted by Gasteiger charge is -2.24. The number of hydrogen-bond acceptors (Lipinski definition) is 7. The molecule has 124 valence electrons. The first-order valence-electron chi connectivity index (χ1n) is 7.77. The number of benzene rings is 1. The van der Waals surface area contributed by atoms with Crippen LogP contribution in [0.2, 0.25) is 0 Å². The molecule has 7 heteroatoms. The predicted molar refractivity (Wildman–Crippen MR) is 91.5 cm³/mol. The van der Waals surface area contributed by atoms with Gasteiger partial charge in [-0.15, -0.1) is 0 Å². The summed E-state index contributed by atoms with van der Waals surface area (Å²) in [7, 11) is 3.96. The molecule has 0 bridgehead atoms. The molecule has 1 aromatic heterocycles. The molecule has 0 atom stereocenters. The van der Waals surface area contributed by atoms with E-state index in [0.29, 0.717) is 13.2 Å². The van der Waals surface area contributed by atoms with E-state index in [-0.39, 0.29) is 0 Å². The van der Waals surface area contributed by atoms with Crippen molar-refractivity contribution >= 4 is 16.7 Å². The largest absolute Gasteiger partial charge is 0.486 e. The fourth-order valence-electron chi connectivity index (χ4n) is 2.47. The van der Waals surface area contributed by atoms with Crippen LogP contribution >= 0.6 is 11.5 Å². The first-order valence-corrected chi connectivity index (χ1v) is 8.54. The van der Waals surface area contributed by atoms with Gasteiger partial charge in [0.25, 0.3) is 0 Å². The lowest BCUT2D eigenvalue weighted by molar-refractivity contribution is 0.166. The Morgan fingerprint density at radius 2 is 2.00 bits per heavy atom. The number of aromatic nitrogens is 2. The standard InChI is InChI=1S/C16H22N4O2S/c1-4-20(11-14-17-16(19(2)3)23-18-14)10-12-6-5-7-13-15(12)22-9-8-21-13/h5-7H,4,8-11H2,1-3H3. The smallest absolute Gasteiger partial charge is 0.204 e. The predicted octanol–water partition coefficient (Wildman–Crippen LogP) is 2.40. The van der Waals surface area contributed by atoms with E-state index in [0.717, 1.165) is 47.7 Å². The lowest BCUT2D eigenvalue weighted by Crippen LogP contribution is -2.24. The molecule has 0 N–H and O–H groups in total. The molecule has 3 rings (SSSR count). The van der Waals surface area contributed by atoms with Gasteiger partial charge in [0.1, 0.15) is 13.2 Å². The number of ether oxygens (including phenoxy) is 2. The highest BCUT2D eigenvalue weighted by molar-refractivity contribution is 7.09. The molecule has 23 heavy (non-hydrogen) atoms. The van der Waals surface area contributed by atoms with Gasteiger partial charge in [-0.25, -0.2) is 4.98 Å². The fraction of sp³-hybridized carbons (Fsp3) is 0.500. The Kier molecular flexibility index (Phi) is 4.97. The average molecular weight is 334 g/mol. The van der Waals surface area contributed by atoms with E-state index in [4.69, 9.17) is 9.47 Å². The van der Waals surface area contributed by atoms with Gasteiger partial charge in [0.05, 0.1) is 6.54 Å². The maximum atomic E-state index is 5.80. The van der Waals surface area contributed by atoms with E-state index in [1.807, 2.05) is 31.1 Å². The van der Waals surface area contributed by atoms with Crippen molar-refractivity contribution in [1.29, 1.82) is 0 Å². The highest BCUT2D eigenvalue weighted by Crippen LogP contribution is 2.34. The van der Waals surface area contributed by atoms with Crippen molar-refractivity contribution in [2.45, 2.75) is 20.0 Å². The van der Waals surface area contributed by atoms with Crippen molar-refractivity contribution < 1.29 is 9.47 Å². The maximum Gasteiger partial charge on any atom is 0.204 e. The van der Waals surface area contributed by atoms with Crippen molar-refractivity contribution in [3.05, 3.63) is 29.6 Å². The van der Waals surface area contributed by atoms with Gasteiger partial charge in [-0.3, -0.25) is 4.90 Å². The van der Waals surface area contributed by atoms with E-state index < -0.39 is 0 Å². The molecule has 0 unspecified atom stereocenters. The van der Waals surface area contributed by atoms with Crippen LogP contribution in [0, 0.1) is 0 Å². The molecule has 0 spiro atoms. The number of fused-ring (bicyclic) bond motifs is 1. The Labute approximate surface area is 140 Å². The monoisotopic (exact) mass is 334 g/mol. The molecule has 2 heterocycles. The van der Waals surface area contributed by atoms with Gasteiger partial charge < -0.3 is 14.4 Å². The summed E-state index contributed by atoms with van der Waals surface area (Å²) in [4.78, 5) is 8.85. The van der Waals surface area contributed by atoms with Crippen LogP contribution in [-0.4, -0.2) is 48.1 Å². The normalized spacial score (nSPS) is 13.4. The first kappa shape index (κ1) is 16.0. The molecule has 0 radical (unpaired) electrons. The maximum absolute atomic E-state index is 5.80. The molecule has 2 aromatic rings. The fourth-order valence-corrected chi connectivity index (χ4v) is 3.06. The van der Waals surface area contributed by atoms with Gasteiger partial charge in [0.15, 0.2) is 17.3 Å². The minimum Gasteiger partial charge on any atom is -0.486 e. The van der Waals surface area contributed by atoms with Gasteiger partial charge in [-0.2, -0.15) is 4.37 Å². The molecule has 0 aliphatic carbocycles. The summed E-state index contributed by atoms with van der Waals surface area (Å²) in [5.41, 5.74) is 1.15. The number of hydrogen-bond donors (Lipinski definition) is 0. The van der Waals surface area contributed by atoms with E-state index in [9.17, 15) is 0 Å². The lowest BCUT2D eigenvalue weighted by atomic mass is 10.1. The number of nitrogens with zero attached hydrogens (tertiary/aromatic N) is 4. The summed E-state index contributed by atoms with van der Waals surface area (Å²) < 4.78 is 15.9. The van der Waals surface area contributed by atoms with Crippen LogP contribution in [0.3, 0.4) is 0 Å². The number of para-hydroxylation sites is 1. The van der Waals surface area contributed by atoms with Gasteiger partial charge in [0, 0.05) is 37.7 Å². The minimum absolute atomic E-state index is 0.607. The molecule has 0 saturated carbocycles. The highest BCUT2D eigenvalue weighted by Gasteiger charge is 2.18. The van der Waals surface area contributed by atoms with E-state index in [1.165, 1.54) is 11.5 Å². The van der Waals surface area contributed by atoms with Crippen LogP contribution in [0.15, 0.2) is 18.2 Å². The first-order chi connectivity index (χ1) is 11.2. The quantitative estimate of drug-likeness (QED) is 0.808. The van der Waals surface area contributed by atoms with Crippen molar-refractivity contribution in [1.82, 2.24) is 14.3 Å².